The van der Waals surface area contributed by atoms with E-state index in [4.69, 9.17) is 14.2 Å². The molecule has 0 fully saturated rings. The Labute approximate surface area is 141 Å². The number of carbonyl (C=O) groups excluding carboxylic acids is 2. The molecule has 0 aromatic heterocycles. The minimum atomic E-state index is -0.642. The Morgan fingerprint density at radius 3 is 2.59 bits per heavy atom. The van der Waals surface area contributed by atoms with Crippen LogP contribution in [0.15, 0.2) is 38.8 Å². The maximum absolute atomic E-state index is 12.2. The van der Waals surface area contributed by atoms with Gasteiger partial charge in [-0.1, -0.05) is 6.07 Å². The van der Waals surface area contributed by atoms with Gasteiger partial charge in [-0.3, -0.25) is 0 Å². The number of anilines is 1. The molecule has 0 radical (unpaired) electrons. The number of benzene rings is 1. The third kappa shape index (κ3) is 3.13. The first-order valence-electron chi connectivity index (χ1n) is 6.23. The third-order valence-electron chi connectivity index (χ3n) is 3.09. The summed E-state index contributed by atoms with van der Waals surface area (Å²) in [6, 6.07) is 5.37. The van der Waals surface area contributed by atoms with Gasteiger partial charge in [0.25, 0.3) is 0 Å². The summed E-state index contributed by atoms with van der Waals surface area (Å²) in [5.74, 6) is -1.28. The molecule has 2 rings (SSSR count). The van der Waals surface area contributed by atoms with E-state index in [9.17, 15) is 9.59 Å². The largest absolute Gasteiger partial charge is 0.466 e. The van der Waals surface area contributed by atoms with Crippen molar-refractivity contribution in [1.29, 1.82) is 0 Å². The third-order valence-corrected chi connectivity index (χ3v) is 4.53. The number of carbonyl (C=O) groups is 2. The molecule has 0 bridgehead atoms. The van der Waals surface area contributed by atoms with Gasteiger partial charge in [-0.05, 0) is 28.1 Å². The van der Waals surface area contributed by atoms with Crippen molar-refractivity contribution in [2.24, 2.45) is 0 Å². The van der Waals surface area contributed by atoms with Crippen LogP contribution in [-0.2, 0) is 23.8 Å². The summed E-state index contributed by atoms with van der Waals surface area (Å²) in [5, 5.41) is 0. The molecule has 0 saturated heterocycles. The molecule has 0 saturated carbocycles. The number of halogens is 1. The van der Waals surface area contributed by atoms with Gasteiger partial charge in [-0.25, -0.2) is 9.59 Å². The molecule has 8 heteroatoms. The van der Waals surface area contributed by atoms with Crippen LogP contribution in [-0.4, -0.2) is 39.5 Å². The van der Waals surface area contributed by atoms with Crippen LogP contribution in [0.4, 0.5) is 5.69 Å². The maximum Gasteiger partial charge on any atom is 0.355 e. The van der Waals surface area contributed by atoms with E-state index in [1.165, 1.54) is 19.1 Å². The molecule has 0 aliphatic carbocycles. The van der Waals surface area contributed by atoms with Crippen LogP contribution in [0.1, 0.15) is 0 Å². The Morgan fingerprint density at radius 2 is 1.95 bits per heavy atom. The van der Waals surface area contributed by atoms with Gasteiger partial charge in [0.2, 0.25) is 0 Å². The van der Waals surface area contributed by atoms with E-state index in [2.05, 4.69) is 28.6 Å². The first-order chi connectivity index (χ1) is 10.5. The summed E-state index contributed by atoms with van der Waals surface area (Å²) in [6.07, 6.45) is 0. The van der Waals surface area contributed by atoms with E-state index in [1.807, 2.05) is 6.07 Å². The lowest BCUT2D eigenvalue weighted by Gasteiger charge is -2.32. The Kier molecular flexibility index (Phi) is 5.49. The minimum absolute atomic E-state index is 0.0243. The van der Waals surface area contributed by atoms with Gasteiger partial charge in [-0.15, -0.1) is 12.6 Å². The van der Waals surface area contributed by atoms with Crippen molar-refractivity contribution >= 4 is 46.2 Å². The van der Waals surface area contributed by atoms with Crippen LogP contribution in [0.3, 0.4) is 0 Å². The van der Waals surface area contributed by atoms with Gasteiger partial charge >= 0.3 is 11.9 Å². The smallest absolute Gasteiger partial charge is 0.355 e. The predicted octanol–water partition coefficient (Wildman–Crippen LogP) is 2.13. The van der Waals surface area contributed by atoms with E-state index in [-0.39, 0.29) is 24.6 Å². The van der Waals surface area contributed by atoms with Crippen molar-refractivity contribution in [2.75, 3.05) is 32.5 Å². The van der Waals surface area contributed by atoms with Crippen LogP contribution >= 0.6 is 28.6 Å². The minimum Gasteiger partial charge on any atom is -0.466 e. The highest BCUT2D eigenvalue weighted by Gasteiger charge is 2.33. The molecular weight excluding hydrogens is 374 g/mol. The maximum atomic E-state index is 12.2. The Bertz CT molecular complexity index is 646. The van der Waals surface area contributed by atoms with Crippen LogP contribution in [0.2, 0.25) is 0 Å². The van der Waals surface area contributed by atoms with E-state index in [0.29, 0.717) is 10.6 Å². The fourth-order valence-corrected chi connectivity index (χ4v) is 2.68. The topological polar surface area (TPSA) is 65.1 Å². The number of hydrogen-bond acceptors (Lipinski definition) is 7. The molecule has 0 spiro atoms. The van der Waals surface area contributed by atoms with Crippen LogP contribution in [0.25, 0.3) is 0 Å². The summed E-state index contributed by atoms with van der Waals surface area (Å²) in [5.41, 5.74) is 0.807. The fraction of sp³-hybridized carbons (Fsp3) is 0.286. The molecule has 118 valence electrons. The highest BCUT2D eigenvalue weighted by atomic mass is 79.9. The zero-order valence-electron chi connectivity index (χ0n) is 12.0. The summed E-state index contributed by atoms with van der Waals surface area (Å²) >= 11 is 7.81. The lowest BCUT2D eigenvalue weighted by Crippen LogP contribution is -2.39. The number of hydrogen-bond donors (Lipinski definition) is 1. The van der Waals surface area contributed by atoms with Crippen molar-refractivity contribution in [1.82, 2.24) is 0 Å². The van der Waals surface area contributed by atoms with Crippen LogP contribution in [0.5, 0.6) is 0 Å². The molecule has 1 aromatic rings. The molecule has 0 atom stereocenters. The van der Waals surface area contributed by atoms with Crippen molar-refractivity contribution in [2.45, 2.75) is 4.90 Å². The first-order valence-corrected chi connectivity index (χ1v) is 7.47. The van der Waals surface area contributed by atoms with E-state index < -0.39 is 11.9 Å². The zero-order chi connectivity index (χ0) is 16.3. The highest BCUT2D eigenvalue weighted by Crippen LogP contribution is 2.35. The van der Waals surface area contributed by atoms with Gasteiger partial charge in [-0.2, -0.15) is 0 Å². The molecule has 6 nitrogen and oxygen atoms in total. The zero-order valence-corrected chi connectivity index (χ0v) is 14.4. The number of ether oxygens (including phenoxy) is 3. The van der Waals surface area contributed by atoms with Gasteiger partial charge in [0.05, 0.1) is 32.1 Å². The molecule has 0 N–H and O–H groups in total. The average molecular weight is 388 g/mol. The summed E-state index contributed by atoms with van der Waals surface area (Å²) in [4.78, 5) is 26.2. The first kappa shape index (κ1) is 16.9. The molecule has 1 heterocycles. The average Bonchev–Trinajstić information content (AvgIpc) is 2.55. The number of thiol groups is 1. The molecule has 0 amide bonds. The van der Waals surface area contributed by atoms with Crippen molar-refractivity contribution in [3.05, 3.63) is 33.9 Å². The second kappa shape index (κ2) is 7.17. The summed E-state index contributed by atoms with van der Waals surface area (Å²) < 4.78 is 15.7. The SMILES string of the molecule is COC(=O)C1=C(C(=O)OC)N(c2cccc(Br)c2S)COC1. The van der Waals surface area contributed by atoms with E-state index in [1.54, 1.807) is 12.1 Å². The standard InChI is InChI=1S/C14H14BrNO5S/c1-19-13(17)8-6-21-7-16(11(8)14(18)20-2)10-5-3-4-9(15)12(10)22/h3-5,22H,6-7H2,1-2H3. The normalized spacial score (nSPS) is 14.8. The monoisotopic (exact) mass is 387 g/mol. The summed E-state index contributed by atoms with van der Waals surface area (Å²) in [7, 11) is 2.49. The van der Waals surface area contributed by atoms with E-state index in [0.717, 1.165) is 4.47 Å². The quantitative estimate of drug-likeness (QED) is 0.632. The number of nitrogens with zero attached hydrogens (tertiary/aromatic N) is 1. The van der Waals surface area contributed by atoms with Crippen molar-refractivity contribution in [3.63, 3.8) is 0 Å². The van der Waals surface area contributed by atoms with Gasteiger partial charge < -0.3 is 19.1 Å². The van der Waals surface area contributed by atoms with E-state index >= 15 is 0 Å². The highest BCUT2D eigenvalue weighted by molar-refractivity contribution is 9.10. The Hall–Kier alpha value is -1.51. The number of esters is 2. The van der Waals surface area contributed by atoms with Gasteiger partial charge in [0.15, 0.2) is 0 Å². The Morgan fingerprint density at radius 1 is 1.27 bits per heavy atom. The molecule has 1 aliphatic heterocycles. The fourth-order valence-electron chi connectivity index (χ4n) is 2.06. The van der Waals surface area contributed by atoms with Gasteiger partial charge in [0, 0.05) is 9.37 Å². The van der Waals surface area contributed by atoms with Crippen molar-refractivity contribution in [3.8, 4) is 0 Å². The second-order valence-electron chi connectivity index (χ2n) is 4.32. The molecule has 0 unspecified atom stereocenters. The molecular formula is C14H14BrNO5S. The lowest BCUT2D eigenvalue weighted by molar-refractivity contribution is -0.140. The van der Waals surface area contributed by atoms with Crippen LogP contribution in [0, 0.1) is 0 Å². The second-order valence-corrected chi connectivity index (χ2v) is 5.63. The molecule has 22 heavy (non-hydrogen) atoms. The lowest BCUT2D eigenvalue weighted by atomic mass is 10.1. The van der Waals surface area contributed by atoms with Gasteiger partial charge in [0.1, 0.15) is 12.4 Å². The number of methoxy groups -OCH3 is 2. The molecule has 1 aromatic carbocycles. The van der Waals surface area contributed by atoms with Crippen LogP contribution < -0.4 is 4.90 Å². The molecule has 1 aliphatic rings. The summed E-state index contributed by atoms with van der Waals surface area (Å²) in [6.45, 7) is 0.0679. The predicted molar refractivity (Wildman–Crippen MR) is 85.8 cm³/mol. The van der Waals surface area contributed by atoms with Crippen molar-refractivity contribution < 1.29 is 23.8 Å². The number of rotatable bonds is 3. The Balaban J connectivity index is 2.60.